The summed E-state index contributed by atoms with van der Waals surface area (Å²) in [4.78, 5) is 20.3. The Morgan fingerprint density at radius 2 is 1.92 bits per heavy atom. The SMILES string of the molecule is CC(=O)N1CCN(C(=NCC2CCS(=O)(=O)C2)NCC2CCCO2)CC1. The molecule has 8 nitrogen and oxygen atoms in total. The van der Waals surface area contributed by atoms with Gasteiger partial charge in [0.25, 0.3) is 0 Å². The van der Waals surface area contributed by atoms with Crippen molar-refractivity contribution in [2.24, 2.45) is 10.9 Å². The largest absolute Gasteiger partial charge is 0.376 e. The molecule has 0 saturated carbocycles. The van der Waals surface area contributed by atoms with Crippen molar-refractivity contribution < 1.29 is 17.9 Å². The maximum atomic E-state index is 11.7. The van der Waals surface area contributed by atoms with Crippen molar-refractivity contribution in [1.29, 1.82) is 0 Å². The molecular weight excluding hydrogens is 356 g/mol. The van der Waals surface area contributed by atoms with Gasteiger partial charge in [-0.3, -0.25) is 9.79 Å². The summed E-state index contributed by atoms with van der Waals surface area (Å²) < 4.78 is 29.0. The van der Waals surface area contributed by atoms with E-state index >= 15 is 0 Å². The topological polar surface area (TPSA) is 91.3 Å². The Labute approximate surface area is 155 Å². The van der Waals surface area contributed by atoms with Crippen LogP contribution in [-0.2, 0) is 19.4 Å². The zero-order valence-corrected chi connectivity index (χ0v) is 16.3. The van der Waals surface area contributed by atoms with Crippen molar-refractivity contribution in [2.45, 2.75) is 32.3 Å². The van der Waals surface area contributed by atoms with Gasteiger partial charge in [0.05, 0.1) is 17.6 Å². The van der Waals surface area contributed by atoms with Crippen LogP contribution in [0, 0.1) is 5.92 Å². The molecule has 3 fully saturated rings. The average molecular weight is 387 g/mol. The van der Waals surface area contributed by atoms with Gasteiger partial charge in [-0.25, -0.2) is 8.42 Å². The Kier molecular flexibility index (Phi) is 6.39. The average Bonchev–Trinajstić information content (AvgIpc) is 3.24. The summed E-state index contributed by atoms with van der Waals surface area (Å²) in [5.74, 6) is 1.55. The third-order valence-electron chi connectivity index (χ3n) is 5.36. The van der Waals surface area contributed by atoms with Crippen molar-refractivity contribution in [1.82, 2.24) is 15.1 Å². The minimum Gasteiger partial charge on any atom is -0.376 e. The highest BCUT2D eigenvalue weighted by atomic mass is 32.2. The maximum Gasteiger partial charge on any atom is 0.219 e. The normalized spacial score (nSPS) is 29.2. The van der Waals surface area contributed by atoms with Crippen LogP contribution >= 0.6 is 0 Å². The summed E-state index contributed by atoms with van der Waals surface area (Å²) in [6.45, 7) is 6.51. The first kappa shape index (κ1) is 19.4. The second-order valence-corrected chi connectivity index (χ2v) is 9.67. The van der Waals surface area contributed by atoms with E-state index in [1.807, 2.05) is 4.90 Å². The molecule has 148 valence electrons. The Bertz CT molecular complexity index is 623. The molecular formula is C17H30N4O4S. The molecule has 0 spiro atoms. The molecule has 3 aliphatic rings. The fourth-order valence-corrected chi connectivity index (χ4v) is 5.59. The minimum absolute atomic E-state index is 0.103. The van der Waals surface area contributed by atoms with Crippen LogP contribution in [0.4, 0.5) is 0 Å². The predicted molar refractivity (Wildman–Crippen MR) is 99.9 cm³/mol. The molecule has 3 rings (SSSR count). The molecule has 2 atom stereocenters. The zero-order chi connectivity index (χ0) is 18.6. The summed E-state index contributed by atoms with van der Waals surface area (Å²) in [5.41, 5.74) is 0. The van der Waals surface area contributed by atoms with Crippen LogP contribution in [0.1, 0.15) is 26.2 Å². The first-order chi connectivity index (χ1) is 12.4. The van der Waals surface area contributed by atoms with Gasteiger partial charge in [0.15, 0.2) is 15.8 Å². The molecule has 0 aromatic rings. The van der Waals surface area contributed by atoms with Crippen molar-refractivity contribution >= 4 is 21.7 Å². The van der Waals surface area contributed by atoms with Crippen LogP contribution in [0.2, 0.25) is 0 Å². The van der Waals surface area contributed by atoms with E-state index in [1.165, 1.54) is 0 Å². The third-order valence-corrected chi connectivity index (χ3v) is 7.20. The van der Waals surface area contributed by atoms with Crippen LogP contribution in [0.3, 0.4) is 0 Å². The molecule has 1 amide bonds. The summed E-state index contributed by atoms with van der Waals surface area (Å²) in [6.07, 6.45) is 3.06. The molecule has 2 unspecified atom stereocenters. The number of nitrogens with one attached hydrogen (secondary N) is 1. The van der Waals surface area contributed by atoms with E-state index in [-0.39, 0.29) is 29.4 Å². The number of nitrogens with zero attached hydrogens (tertiary/aromatic N) is 3. The van der Waals surface area contributed by atoms with Crippen LogP contribution in [-0.4, -0.2) is 93.6 Å². The zero-order valence-electron chi connectivity index (χ0n) is 15.5. The van der Waals surface area contributed by atoms with Crippen LogP contribution in [0.15, 0.2) is 4.99 Å². The summed E-state index contributed by atoms with van der Waals surface area (Å²) in [6, 6.07) is 0. The molecule has 3 heterocycles. The number of ether oxygens (including phenoxy) is 1. The van der Waals surface area contributed by atoms with Crippen LogP contribution < -0.4 is 5.32 Å². The molecule has 0 aromatic heterocycles. The lowest BCUT2D eigenvalue weighted by molar-refractivity contribution is -0.130. The van der Waals surface area contributed by atoms with Gasteiger partial charge in [-0.05, 0) is 25.2 Å². The van der Waals surface area contributed by atoms with E-state index < -0.39 is 9.84 Å². The highest BCUT2D eigenvalue weighted by Gasteiger charge is 2.28. The predicted octanol–water partition coefficient (Wildman–Crippen LogP) is -0.290. The molecule has 26 heavy (non-hydrogen) atoms. The molecule has 0 radical (unpaired) electrons. The van der Waals surface area contributed by atoms with Crippen LogP contribution in [0.5, 0.6) is 0 Å². The number of carbonyl (C=O) groups is 1. The van der Waals surface area contributed by atoms with Gasteiger partial charge in [-0.15, -0.1) is 0 Å². The third kappa shape index (κ3) is 5.33. The van der Waals surface area contributed by atoms with Crippen molar-refractivity contribution in [3.8, 4) is 0 Å². The lowest BCUT2D eigenvalue weighted by Gasteiger charge is -2.36. The van der Waals surface area contributed by atoms with E-state index in [0.717, 1.165) is 38.5 Å². The standard InChI is InChI=1S/C17H30N4O4S/c1-14(22)20-5-7-21(8-6-20)17(19-12-16-3-2-9-25-16)18-11-15-4-10-26(23,24)13-15/h15-16H,2-13H2,1H3,(H,18,19). The number of carbonyl (C=O) groups excluding carboxylic acids is 1. The van der Waals surface area contributed by atoms with Gasteiger partial charge in [0.1, 0.15) is 0 Å². The molecule has 0 aromatic carbocycles. The Morgan fingerprint density at radius 3 is 2.50 bits per heavy atom. The van der Waals surface area contributed by atoms with E-state index in [1.54, 1.807) is 6.92 Å². The Morgan fingerprint density at radius 1 is 1.19 bits per heavy atom. The van der Waals surface area contributed by atoms with Gasteiger partial charge in [-0.2, -0.15) is 0 Å². The van der Waals surface area contributed by atoms with E-state index in [4.69, 9.17) is 9.73 Å². The Balaban J connectivity index is 1.59. The minimum atomic E-state index is -2.88. The number of hydrogen-bond acceptors (Lipinski definition) is 5. The van der Waals surface area contributed by atoms with Crippen LogP contribution in [0.25, 0.3) is 0 Å². The smallest absolute Gasteiger partial charge is 0.219 e. The number of hydrogen-bond donors (Lipinski definition) is 1. The second-order valence-electron chi connectivity index (χ2n) is 7.44. The maximum absolute atomic E-state index is 11.7. The van der Waals surface area contributed by atoms with E-state index in [2.05, 4.69) is 10.2 Å². The van der Waals surface area contributed by atoms with Crippen molar-refractivity contribution in [2.75, 3.05) is 57.4 Å². The number of sulfone groups is 1. The molecule has 0 aliphatic carbocycles. The van der Waals surface area contributed by atoms with Crippen molar-refractivity contribution in [3.05, 3.63) is 0 Å². The molecule has 0 bridgehead atoms. The molecule has 1 N–H and O–H groups in total. The van der Waals surface area contributed by atoms with Gasteiger partial charge in [-0.1, -0.05) is 0 Å². The number of amides is 1. The fraction of sp³-hybridized carbons (Fsp3) is 0.882. The van der Waals surface area contributed by atoms with Gasteiger partial charge in [0.2, 0.25) is 5.91 Å². The first-order valence-corrected chi connectivity index (χ1v) is 11.4. The Hall–Kier alpha value is -1.35. The highest BCUT2D eigenvalue weighted by molar-refractivity contribution is 7.91. The monoisotopic (exact) mass is 386 g/mol. The van der Waals surface area contributed by atoms with Gasteiger partial charge >= 0.3 is 0 Å². The lowest BCUT2D eigenvalue weighted by atomic mass is 10.1. The van der Waals surface area contributed by atoms with Gasteiger partial charge in [0, 0.05) is 52.8 Å². The summed E-state index contributed by atoms with van der Waals surface area (Å²) in [7, 11) is -2.88. The highest BCUT2D eigenvalue weighted by Crippen LogP contribution is 2.19. The van der Waals surface area contributed by atoms with E-state index in [0.29, 0.717) is 32.6 Å². The van der Waals surface area contributed by atoms with Crippen molar-refractivity contribution in [3.63, 3.8) is 0 Å². The molecule has 9 heteroatoms. The first-order valence-electron chi connectivity index (χ1n) is 9.54. The fourth-order valence-electron chi connectivity index (χ4n) is 3.74. The quantitative estimate of drug-likeness (QED) is 0.527. The number of aliphatic imine (C=N–C) groups is 1. The summed E-state index contributed by atoms with van der Waals surface area (Å²) >= 11 is 0. The lowest BCUT2D eigenvalue weighted by Crippen LogP contribution is -2.54. The van der Waals surface area contributed by atoms with E-state index in [9.17, 15) is 13.2 Å². The number of guanidine groups is 1. The summed E-state index contributed by atoms with van der Waals surface area (Å²) in [5, 5.41) is 3.42. The van der Waals surface area contributed by atoms with Gasteiger partial charge < -0.3 is 19.9 Å². The number of rotatable bonds is 4. The second kappa shape index (κ2) is 8.56. The number of piperazine rings is 1. The molecule has 3 aliphatic heterocycles. The molecule has 3 saturated heterocycles.